The van der Waals surface area contributed by atoms with Crippen LogP contribution in [0.4, 0.5) is 0 Å². The molecular formula is C23H24Cl2N2. The number of nitrogens with zero attached hydrogens (tertiary/aromatic N) is 2. The second kappa shape index (κ2) is 8.46. The molecule has 0 amide bonds. The summed E-state index contributed by atoms with van der Waals surface area (Å²) in [5.41, 5.74) is 2.47. The summed E-state index contributed by atoms with van der Waals surface area (Å²) in [6, 6.07) is 18.2. The molecule has 140 valence electrons. The van der Waals surface area contributed by atoms with E-state index in [4.69, 9.17) is 28.5 Å². The Labute approximate surface area is 171 Å². The molecule has 4 rings (SSSR count). The molecule has 0 heterocycles. The fourth-order valence-corrected chi connectivity index (χ4v) is 4.10. The highest BCUT2D eigenvalue weighted by atomic mass is 35.5. The number of halogens is 2. The first-order valence-electron chi connectivity index (χ1n) is 9.40. The minimum absolute atomic E-state index is 0.204. The van der Waals surface area contributed by atoms with Gasteiger partial charge in [-0.25, -0.2) is 0 Å². The lowest BCUT2D eigenvalue weighted by molar-refractivity contribution is 0.324. The lowest BCUT2D eigenvalue weighted by Crippen LogP contribution is -2.35. The van der Waals surface area contributed by atoms with Gasteiger partial charge in [-0.05, 0) is 67.5 Å². The van der Waals surface area contributed by atoms with Crippen molar-refractivity contribution >= 4 is 29.4 Å². The molecule has 0 bridgehead atoms. The monoisotopic (exact) mass is 398 g/mol. The van der Waals surface area contributed by atoms with Gasteiger partial charge in [0.1, 0.15) is 0 Å². The third kappa shape index (κ3) is 4.21. The van der Waals surface area contributed by atoms with Gasteiger partial charge in [0, 0.05) is 28.7 Å². The Morgan fingerprint density at radius 2 is 1.33 bits per heavy atom. The molecule has 2 aliphatic rings. The van der Waals surface area contributed by atoms with Gasteiger partial charge in [-0.1, -0.05) is 53.9 Å². The molecule has 2 aliphatic carbocycles. The molecule has 2 aromatic carbocycles. The van der Waals surface area contributed by atoms with Crippen molar-refractivity contribution in [1.29, 1.82) is 5.26 Å². The van der Waals surface area contributed by atoms with E-state index in [1.165, 1.54) is 24.8 Å². The minimum atomic E-state index is -0.204. The fourth-order valence-electron chi connectivity index (χ4n) is 3.84. The van der Waals surface area contributed by atoms with Crippen LogP contribution in [0.3, 0.4) is 0 Å². The van der Waals surface area contributed by atoms with E-state index >= 15 is 0 Å². The summed E-state index contributed by atoms with van der Waals surface area (Å²) in [7, 11) is 1.84. The van der Waals surface area contributed by atoms with Crippen LogP contribution >= 0.6 is 23.2 Å². The summed E-state index contributed by atoms with van der Waals surface area (Å²) < 4.78 is 0. The first-order chi connectivity index (χ1) is 13.0. The summed E-state index contributed by atoms with van der Waals surface area (Å²) in [6.45, 7) is 0. The van der Waals surface area contributed by atoms with E-state index in [0.29, 0.717) is 0 Å². The molecule has 4 heteroatoms. The number of hydrogen-bond acceptors (Lipinski definition) is 2. The maximum Gasteiger partial charge on any atom is 0.0822 e. The Balaban J connectivity index is 0.000000156. The zero-order chi connectivity index (χ0) is 19.3. The van der Waals surface area contributed by atoms with E-state index in [1.807, 2.05) is 43.4 Å². The van der Waals surface area contributed by atoms with Crippen molar-refractivity contribution in [3.05, 3.63) is 69.7 Å². The largest absolute Gasteiger partial charge is 0.300 e. The van der Waals surface area contributed by atoms with Crippen molar-refractivity contribution in [1.82, 2.24) is 0 Å². The first kappa shape index (κ1) is 19.9. The smallest absolute Gasteiger partial charge is 0.0822 e. The van der Waals surface area contributed by atoms with Gasteiger partial charge in [0.05, 0.1) is 11.5 Å². The molecule has 2 saturated carbocycles. The van der Waals surface area contributed by atoms with Crippen LogP contribution in [-0.4, -0.2) is 13.3 Å². The second-order valence-corrected chi connectivity index (χ2v) is 8.33. The standard InChI is InChI=1S/C12H14ClN.C11H10ClN/c1-14-9-12(7-2-8-12)10-3-5-11(13)6-4-10;12-10-4-2-9(3-5-10)11(8-13)6-1-7-11/h3-6,9H,2,7-8H2,1H3;2-5H,1,6-7H2. The summed E-state index contributed by atoms with van der Waals surface area (Å²) in [5.74, 6) is 0. The molecule has 0 aromatic heterocycles. The maximum absolute atomic E-state index is 9.08. The van der Waals surface area contributed by atoms with Crippen molar-refractivity contribution in [2.45, 2.75) is 49.4 Å². The molecule has 0 radical (unpaired) electrons. The van der Waals surface area contributed by atoms with Gasteiger partial charge in [-0.15, -0.1) is 0 Å². The number of nitriles is 1. The Morgan fingerprint density at radius 1 is 0.852 bits per heavy atom. The third-order valence-corrected chi connectivity index (χ3v) is 6.36. The fraction of sp³-hybridized carbons (Fsp3) is 0.391. The van der Waals surface area contributed by atoms with Gasteiger partial charge in [0.25, 0.3) is 0 Å². The Kier molecular flexibility index (Phi) is 6.25. The predicted octanol–water partition coefficient (Wildman–Crippen LogP) is 6.75. The Bertz CT molecular complexity index is 824. The molecule has 0 aliphatic heterocycles. The molecule has 0 saturated heterocycles. The van der Waals surface area contributed by atoms with Crippen LogP contribution in [0.1, 0.15) is 49.7 Å². The van der Waals surface area contributed by atoms with E-state index < -0.39 is 0 Å². The lowest BCUT2D eigenvalue weighted by Gasteiger charge is -2.39. The second-order valence-electron chi connectivity index (χ2n) is 7.46. The number of benzene rings is 2. The predicted molar refractivity (Wildman–Crippen MR) is 114 cm³/mol. The van der Waals surface area contributed by atoms with Crippen molar-refractivity contribution in [2.24, 2.45) is 4.99 Å². The van der Waals surface area contributed by atoms with E-state index in [1.54, 1.807) is 0 Å². The highest BCUT2D eigenvalue weighted by Crippen LogP contribution is 2.43. The molecule has 2 aromatic rings. The van der Waals surface area contributed by atoms with Gasteiger partial charge < -0.3 is 0 Å². The molecule has 0 atom stereocenters. The van der Waals surface area contributed by atoms with Gasteiger partial charge in [-0.3, -0.25) is 4.99 Å². The molecular weight excluding hydrogens is 375 g/mol. The van der Waals surface area contributed by atoms with Crippen LogP contribution < -0.4 is 0 Å². The zero-order valence-electron chi connectivity index (χ0n) is 15.6. The van der Waals surface area contributed by atoms with Gasteiger partial charge in [0.2, 0.25) is 0 Å². The van der Waals surface area contributed by atoms with Gasteiger partial charge in [0.15, 0.2) is 0 Å². The number of hydrogen-bond donors (Lipinski definition) is 0. The van der Waals surface area contributed by atoms with Gasteiger partial charge in [-0.2, -0.15) is 5.26 Å². The van der Waals surface area contributed by atoms with Crippen molar-refractivity contribution in [2.75, 3.05) is 7.05 Å². The summed E-state index contributed by atoms with van der Waals surface area (Å²) >= 11 is 11.6. The average molecular weight is 399 g/mol. The molecule has 2 fully saturated rings. The van der Waals surface area contributed by atoms with Crippen molar-refractivity contribution in [3.8, 4) is 6.07 Å². The van der Waals surface area contributed by atoms with Crippen molar-refractivity contribution in [3.63, 3.8) is 0 Å². The summed E-state index contributed by atoms with van der Waals surface area (Å²) in [5, 5.41) is 10.6. The number of rotatable bonds is 3. The first-order valence-corrected chi connectivity index (χ1v) is 10.2. The van der Waals surface area contributed by atoms with E-state index in [9.17, 15) is 0 Å². The molecule has 27 heavy (non-hydrogen) atoms. The molecule has 2 nitrogen and oxygen atoms in total. The highest BCUT2D eigenvalue weighted by Gasteiger charge is 2.38. The van der Waals surface area contributed by atoms with Crippen LogP contribution in [0, 0.1) is 11.3 Å². The Hall–Kier alpha value is -1.82. The van der Waals surface area contributed by atoms with Crippen molar-refractivity contribution < 1.29 is 0 Å². The van der Waals surface area contributed by atoms with Crippen LogP contribution in [-0.2, 0) is 10.8 Å². The SMILES string of the molecule is CN=CC1(c2ccc(Cl)cc2)CCC1.N#CC1(c2ccc(Cl)cc2)CCC1. The maximum atomic E-state index is 9.08. The van der Waals surface area contributed by atoms with E-state index in [-0.39, 0.29) is 10.8 Å². The molecule has 0 spiro atoms. The lowest BCUT2D eigenvalue weighted by atomic mass is 9.65. The van der Waals surface area contributed by atoms with Crippen LogP contribution in [0.15, 0.2) is 53.5 Å². The average Bonchev–Trinajstić information content (AvgIpc) is 2.61. The summed E-state index contributed by atoms with van der Waals surface area (Å²) in [6.07, 6.45) is 8.96. The highest BCUT2D eigenvalue weighted by molar-refractivity contribution is 6.30. The zero-order valence-corrected chi connectivity index (χ0v) is 17.1. The molecule has 0 unspecified atom stereocenters. The quantitative estimate of drug-likeness (QED) is 0.526. The minimum Gasteiger partial charge on any atom is -0.300 e. The third-order valence-electron chi connectivity index (χ3n) is 5.86. The van der Waals surface area contributed by atoms with Crippen LogP contribution in [0.25, 0.3) is 0 Å². The number of aliphatic imine (C=N–C) groups is 1. The topological polar surface area (TPSA) is 36.1 Å². The van der Waals surface area contributed by atoms with E-state index in [0.717, 1.165) is 34.9 Å². The normalized spacial score (nSPS) is 19.2. The van der Waals surface area contributed by atoms with E-state index in [2.05, 4.69) is 29.4 Å². The van der Waals surface area contributed by atoms with Gasteiger partial charge >= 0.3 is 0 Å². The summed E-state index contributed by atoms with van der Waals surface area (Å²) in [4.78, 5) is 4.17. The van der Waals surface area contributed by atoms with Crippen LogP contribution in [0.2, 0.25) is 10.0 Å². The van der Waals surface area contributed by atoms with Crippen LogP contribution in [0.5, 0.6) is 0 Å². The molecule has 0 N–H and O–H groups in total. The Morgan fingerprint density at radius 3 is 1.67 bits per heavy atom.